The lowest BCUT2D eigenvalue weighted by Gasteiger charge is -2.15. The monoisotopic (exact) mass is 207 g/mol. The first-order chi connectivity index (χ1) is 6.53. The third-order valence-corrected chi connectivity index (χ3v) is 2.01. The fourth-order valence-electron chi connectivity index (χ4n) is 1.26. The Balaban J connectivity index is 2.49. The van der Waals surface area contributed by atoms with E-state index in [0.717, 1.165) is 5.56 Å². The summed E-state index contributed by atoms with van der Waals surface area (Å²) in [5, 5.41) is 2.82. The van der Waals surface area contributed by atoms with Crippen LogP contribution in [0.3, 0.4) is 0 Å². The molecule has 0 bridgehead atoms. The minimum atomic E-state index is -4.10. The lowest BCUT2D eigenvalue weighted by atomic mass is 10.1. The smallest absolute Gasteiger partial charge is 0.389 e. The maximum atomic E-state index is 11.9. The third kappa shape index (κ3) is 3.41. The number of furan rings is 1. The normalized spacial score (nSPS) is 14.3. The van der Waals surface area contributed by atoms with Crippen LogP contribution in [0.15, 0.2) is 23.0 Å². The Hall–Kier alpha value is -0.970. The van der Waals surface area contributed by atoms with Gasteiger partial charge in [0.05, 0.1) is 12.5 Å². The fourth-order valence-corrected chi connectivity index (χ4v) is 1.26. The molecule has 0 saturated heterocycles. The molecule has 5 heteroatoms. The molecule has 0 fully saturated rings. The Morgan fingerprint density at radius 1 is 1.50 bits per heavy atom. The van der Waals surface area contributed by atoms with Gasteiger partial charge in [-0.15, -0.1) is 0 Å². The molecule has 1 aromatic heterocycles. The first-order valence-electron chi connectivity index (χ1n) is 4.29. The third-order valence-electron chi connectivity index (χ3n) is 2.01. The van der Waals surface area contributed by atoms with Crippen LogP contribution in [0.4, 0.5) is 13.2 Å². The summed E-state index contributed by atoms with van der Waals surface area (Å²) >= 11 is 0. The van der Waals surface area contributed by atoms with E-state index in [9.17, 15) is 13.2 Å². The van der Waals surface area contributed by atoms with E-state index in [1.807, 2.05) is 0 Å². The van der Waals surface area contributed by atoms with Crippen molar-refractivity contribution in [3.63, 3.8) is 0 Å². The van der Waals surface area contributed by atoms with Gasteiger partial charge in [0.2, 0.25) is 0 Å². The van der Waals surface area contributed by atoms with Crippen LogP contribution >= 0.6 is 0 Å². The molecule has 1 N–H and O–H groups in total. The number of rotatable bonds is 4. The molecule has 0 aromatic carbocycles. The molecule has 0 aliphatic carbocycles. The number of hydrogen-bond donors (Lipinski definition) is 1. The van der Waals surface area contributed by atoms with Crippen molar-refractivity contribution in [1.82, 2.24) is 5.32 Å². The van der Waals surface area contributed by atoms with Gasteiger partial charge >= 0.3 is 6.18 Å². The van der Waals surface area contributed by atoms with Crippen LogP contribution in [0.5, 0.6) is 0 Å². The molecule has 14 heavy (non-hydrogen) atoms. The van der Waals surface area contributed by atoms with Crippen molar-refractivity contribution >= 4 is 0 Å². The highest BCUT2D eigenvalue weighted by Crippen LogP contribution is 2.27. The van der Waals surface area contributed by atoms with Gasteiger partial charge < -0.3 is 9.73 Å². The minimum Gasteiger partial charge on any atom is -0.472 e. The number of halogens is 3. The van der Waals surface area contributed by atoms with E-state index in [1.54, 1.807) is 13.1 Å². The van der Waals surface area contributed by atoms with E-state index in [-0.39, 0.29) is 12.5 Å². The summed E-state index contributed by atoms with van der Waals surface area (Å²) in [6.07, 6.45) is -1.95. The van der Waals surface area contributed by atoms with Crippen LogP contribution in [-0.2, 0) is 0 Å². The minimum absolute atomic E-state index is 0.0273. The van der Waals surface area contributed by atoms with Crippen molar-refractivity contribution < 1.29 is 17.6 Å². The maximum absolute atomic E-state index is 11.9. The van der Waals surface area contributed by atoms with Gasteiger partial charge in [-0.25, -0.2) is 0 Å². The van der Waals surface area contributed by atoms with Crippen molar-refractivity contribution in [3.05, 3.63) is 24.2 Å². The summed E-state index contributed by atoms with van der Waals surface area (Å²) in [4.78, 5) is 0. The van der Waals surface area contributed by atoms with Crippen LogP contribution in [0, 0.1) is 0 Å². The second-order valence-corrected chi connectivity index (χ2v) is 3.05. The zero-order chi connectivity index (χ0) is 10.6. The zero-order valence-electron chi connectivity index (χ0n) is 7.77. The second kappa shape index (κ2) is 4.50. The van der Waals surface area contributed by atoms with Gasteiger partial charge in [-0.05, 0) is 19.5 Å². The summed E-state index contributed by atoms with van der Waals surface area (Å²) < 4.78 is 40.6. The van der Waals surface area contributed by atoms with Crippen molar-refractivity contribution in [3.8, 4) is 0 Å². The molecule has 2 nitrogen and oxygen atoms in total. The topological polar surface area (TPSA) is 25.2 Å². The molecule has 1 rings (SSSR count). The summed E-state index contributed by atoms with van der Waals surface area (Å²) in [5.74, 6) is 0. The van der Waals surface area contributed by atoms with Crippen LogP contribution in [0.1, 0.15) is 24.4 Å². The highest BCUT2D eigenvalue weighted by Gasteiger charge is 2.28. The Bertz CT molecular complexity index is 256. The van der Waals surface area contributed by atoms with Gasteiger partial charge in [0.15, 0.2) is 0 Å². The number of hydrogen-bond acceptors (Lipinski definition) is 2. The summed E-state index contributed by atoms with van der Waals surface area (Å²) in [6, 6.07) is 1.37. The standard InChI is InChI=1S/C9H12F3NO/c1-13-8(2-4-9(10,11)12)7-3-5-14-6-7/h3,5-6,8,13H,2,4H2,1H3. The average molecular weight is 207 g/mol. The van der Waals surface area contributed by atoms with E-state index in [0.29, 0.717) is 0 Å². The fraction of sp³-hybridized carbons (Fsp3) is 0.556. The Kier molecular flexibility index (Phi) is 3.57. The largest absolute Gasteiger partial charge is 0.472 e. The Morgan fingerprint density at radius 2 is 2.21 bits per heavy atom. The maximum Gasteiger partial charge on any atom is 0.389 e. The van der Waals surface area contributed by atoms with Gasteiger partial charge in [0.1, 0.15) is 0 Å². The van der Waals surface area contributed by atoms with Crippen LogP contribution in [-0.4, -0.2) is 13.2 Å². The highest BCUT2D eigenvalue weighted by atomic mass is 19.4. The Labute approximate surface area is 80.1 Å². The van der Waals surface area contributed by atoms with E-state index in [1.165, 1.54) is 12.5 Å². The highest BCUT2D eigenvalue weighted by molar-refractivity contribution is 5.11. The summed E-state index contributed by atoms with van der Waals surface area (Å²) in [7, 11) is 1.63. The lowest BCUT2D eigenvalue weighted by molar-refractivity contribution is -0.136. The van der Waals surface area contributed by atoms with Gasteiger partial charge in [0.25, 0.3) is 0 Å². The molecule has 0 saturated carbocycles. The van der Waals surface area contributed by atoms with Gasteiger partial charge in [-0.2, -0.15) is 13.2 Å². The molecule has 0 amide bonds. The van der Waals surface area contributed by atoms with Crippen molar-refractivity contribution in [2.45, 2.75) is 25.1 Å². The molecule has 1 unspecified atom stereocenters. The predicted molar refractivity (Wildman–Crippen MR) is 45.8 cm³/mol. The average Bonchev–Trinajstić information content (AvgIpc) is 2.56. The molecule has 1 heterocycles. The molecule has 0 spiro atoms. The number of alkyl halides is 3. The molecule has 80 valence electrons. The van der Waals surface area contributed by atoms with E-state index in [4.69, 9.17) is 4.42 Å². The molecule has 1 atom stereocenters. The zero-order valence-corrected chi connectivity index (χ0v) is 7.77. The van der Waals surface area contributed by atoms with Crippen LogP contribution in [0.25, 0.3) is 0 Å². The molecule has 1 aromatic rings. The van der Waals surface area contributed by atoms with Gasteiger partial charge in [-0.1, -0.05) is 0 Å². The van der Waals surface area contributed by atoms with E-state index in [2.05, 4.69) is 5.32 Å². The first-order valence-corrected chi connectivity index (χ1v) is 4.29. The first kappa shape index (κ1) is 11.1. The SMILES string of the molecule is CNC(CCC(F)(F)F)c1ccoc1. The summed E-state index contributed by atoms with van der Waals surface area (Å²) in [6.45, 7) is 0. The quantitative estimate of drug-likeness (QED) is 0.821. The van der Waals surface area contributed by atoms with Crippen molar-refractivity contribution in [2.24, 2.45) is 0 Å². The number of nitrogens with one attached hydrogen (secondary N) is 1. The van der Waals surface area contributed by atoms with Gasteiger partial charge in [0, 0.05) is 18.0 Å². The molecule has 0 aliphatic heterocycles. The molecular weight excluding hydrogens is 195 g/mol. The summed E-state index contributed by atoms with van der Waals surface area (Å²) in [5.41, 5.74) is 0.747. The lowest BCUT2D eigenvalue weighted by Crippen LogP contribution is -2.19. The van der Waals surface area contributed by atoms with E-state index >= 15 is 0 Å². The van der Waals surface area contributed by atoms with Gasteiger partial charge in [-0.3, -0.25) is 0 Å². The molecule has 0 aliphatic rings. The molecular formula is C9H12F3NO. The second-order valence-electron chi connectivity index (χ2n) is 3.05. The Morgan fingerprint density at radius 3 is 2.64 bits per heavy atom. The van der Waals surface area contributed by atoms with Crippen LogP contribution in [0.2, 0.25) is 0 Å². The van der Waals surface area contributed by atoms with Crippen LogP contribution < -0.4 is 5.32 Å². The van der Waals surface area contributed by atoms with E-state index < -0.39 is 12.6 Å². The molecule has 0 radical (unpaired) electrons. The van der Waals surface area contributed by atoms with Crippen molar-refractivity contribution in [2.75, 3.05) is 7.05 Å². The van der Waals surface area contributed by atoms with Crippen molar-refractivity contribution in [1.29, 1.82) is 0 Å². The predicted octanol–water partition coefficient (Wildman–Crippen LogP) is 2.88.